The van der Waals surface area contributed by atoms with Gasteiger partial charge < -0.3 is 19.7 Å². The van der Waals surface area contributed by atoms with Crippen LogP contribution in [0.2, 0.25) is 0 Å². The van der Waals surface area contributed by atoms with E-state index in [1.54, 1.807) is 0 Å². The number of ether oxygens (including phenoxy) is 2. The molecule has 92 valence electrons. The lowest BCUT2D eigenvalue weighted by molar-refractivity contribution is 0.0665. The van der Waals surface area contributed by atoms with Crippen LogP contribution in [0, 0.1) is 0 Å². The van der Waals surface area contributed by atoms with Crippen molar-refractivity contribution in [1.82, 2.24) is 10.1 Å². The number of aromatic nitrogens is 2. The Morgan fingerprint density at radius 2 is 2.19 bits per heavy atom. The summed E-state index contributed by atoms with van der Waals surface area (Å²) in [5, 5.41) is 3.78. The normalized spacial score (nSPS) is 13.3. The molecule has 1 rings (SSSR count). The van der Waals surface area contributed by atoms with Gasteiger partial charge >= 0.3 is 0 Å². The van der Waals surface area contributed by atoms with Gasteiger partial charge in [-0.3, -0.25) is 0 Å². The number of nitrogens with zero attached hydrogens (tertiary/aromatic N) is 2. The van der Waals surface area contributed by atoms with Crippen molar-refractivity contribution >= 4 is 0 Å². The third-order valence-corrected chi connectivity index (χ3v) is 1.85. The molecule has 0 amide bonds. The molecule has 0 aromatic carbocycles. The van der Waals surface area contributed by atoms with Gasteiger partial charge in [-0.15, -0.1) is 0 Å². The van der Waals surface area contributed by atoms with Crippen molar-refractivity contribution in [1.29, 1.82) is 0 Å². The van der Waals surface area contributed by atoms with Crippen LogP contribution < -0.4 is 5.73 Å². The third-order valence-electron chi connectivity index (χ3n) is 1.85. The maximum absolute atomic E-state index is 5.83. The van der Waals surface area contributed by atoms with Crippen LogP contribution in [0.1, 0.15) is 38.5 Å². The van der Waals surface area contributed by atoms with Crippen LogP contribution in [-0.2, 0) is 16.1 Å². The molecule has 16 heavy (non-hydrogen) atoms. The van der Waals surface area contributed by atoms with Gasteiger partial charge in [-0.2, -0.15) is 4.98 Å². The second-order valence-corrected chi connectivity index (χ2v) is 3.67. The van der Waals surface area contributed by atoms with E-state index in [-0.39, 0.29) is 12.1 Å². The SMILES string of the molecule is CCOCc1nc(C(N)COC(C)C)no1. The largest absolute Gasteiger partial charge is 0.377 e. The van der Waals surface area contributed by atoms with Gasteiger partial charge in [-0.05, 0) is 20.8 Å². The Hall–Kier alpha value is -0.980. The molecular formula is C10H19N3O3. The second-order valence-electron chi connectivity index (χ2n) is 3.67. The highest BCUT2D eigenvalue weighted by atomic mass is 16.5. The average molecular weight is 229 g/mol. The second kappa shape index (κ2) is 6.57. The lowest BCUT2D eigenvalue weighted by atomic mass is 10.3. The first-order valence-electron chi connectivity index (χ1n) is 5.40. The van der Waals surface area contributed by atoms with Gasteiger partial charge in [0.1, 0.15) is 6.61 Å². The lowest BCUT2D eigenvalue weighted by Gasteiger charge is -2.10. The van der Waals surface area contributed by atoms with Gasteiger partial charge in [0.15, 0.2) is 5.82 Å². The molecule has 1 aromatic heterocycles. The molecule has 6 nitrogen and oxygen atoms in total. The zero-order valence-corrected chi connectivity index (χ0v) is 9.97. The van der Waals surface area contributed by atoms with E-state index in [0.717, 1.165) is 0 Å². The van der Waals surface area contributed by atoms with Gasteiger partial charge in [-0.25, -0.2) is 0 Å². The molecule has 1 unspecified atom stereocenters. The van der Waals surface area contributed by atoms with Crippen molar-refractivity contribution < 1.29 is 14.0 Å². The minimum Gasteiger partial charge on any atom is -0.377 e. The molecule has 2 N–H and O–H groups in total. The summed E-state index contributed by atoms with van der Waals surface area (Å²) in [6.07, 6.45) is 0.140. The fraction of sp³-hybridized carbons (Fsp3) is 0.800. The summed E-state index contributed by atoms with van der Waals surface area (Å²) in [7, 11) is 0. The van der Waals surface area contributed by atoms with E-state index in [9.17, 15) is 0 Å². The van der Waals surface area contributed by atoms with Crippen LogP contribution in [0.15, 0.2) is 4.52 Å². The summed E-state index contributed by atoms with van der Waals surface area (Å²) in [5.74, 6) is 0.896. The Morgan fingerprint density at radius 1 is 1.44 bits per heavy atom. The van der Waals surface area contributed by atoms with Crippen LogP contribution in [0.25, 0.3) is 0 Å². The van der Waals surface area contributed by atoms with Gasteiger partial charge in [0.25, 0.3) is 5.89 Å². The van der Waals surface area contributed by atoms with Gasteiger partial charge in [0, 0.05) is 6.61 Å². The summed E-state index contributed by atoms with van der Waals surface area (Å²) in [6, 6.07) is -0.360. The molecule has 0 aliphatic carbocycles. The molecule has 6 heteroatoms. The predicted octanol–water partition coefficient (Wildman–Crippen LogP) is 1.03. The van der Waals surface area contributed by atoms with Crippen molar-refractivity contribution in [2.24, 2.45) is 5.73 Å². The number of hydrogen-bond donors (Lipinski definition) is 1. The Kier molecular flexibility index (Phi) is 5.37. The number of rotatable bonds is 7. The fourth-order valence-corrected chi connectivity index (χ4v) is 1.04. The summed E-state index contributed by atoms with van der Waals surface area (Å²) in [5.41, 5.74) is 5.83. The van der Waals surface area contributed by atoms with E-state index in [1.165, 1.54) is 0 Å². The predicted molar refractivity (Wildman–Crippen MR) is 57.6 cm³/mol. The molecule has 0 aliphatic rings. The van der Waals surface area contributed by atoms with E-state index in [0.29, 0.717) is 31.5 Å². The summed E-state index contributed by atoms with van der Waals surface area (Å²) >= 11 is 0. The summed E-state index contributed by atoms with van der Waals surface area (Å²) in [6.45, 7) is 7.11. The molecule has 0 saturated carbocycles. The maximum Gasteiger partial charge on any atom is 0.252 e. The van der Waals surface area contributed by atoms with Crippen molar-refractivity contribution in [2.75, 3.05) is 13.2 Å². The van der Waals surface area contributed by atoms with E-state index >= 15 is 0 Å². The summed E-state index contributed by atoms with van der Waals surface area (Å²) in [4.78, 5) is 4.12. The van der Waals surface area contributed by atoms with Crippen LogP contribution in [0.3, 0.4) is 0 Å². The molecule has 1 atom stereocenters. The average Bonchev–Trinajstić information content (AvgIpc) is 2.71. The fourth-order valence-electron chi connectivity index (χ4n) is 1.04. The first-order chi connectivity index (χ1) is 7.63. The first kappa shape index (κ1) is 13.1. The molecule has 1 heterocycles. The van der Waals surface area contributed by atoms with Crippen LogP contribution in [0.5, 0.6) is 0 Å². The van der Waals surface area contributed by atoms with Crippen LogP contribution in [-0.4, -0.2) is 29.5 Å². The molecule has 0 saturated heterocycles. The molecular weight excluding hydrogens is 210 g/mol. The standard InChI is InChI=1S/C10H19N3O3/c1-4-14-6-9-12-10(13-16-9)8(11)5-15-7(2)3/h7-8H,4-6,11H2,1-3H3. The van der Waals surface area contributed by atoms with Gasteiger partial charge in [-0.1, -0.05) is 5.16 Å². The van der Waals surface area contributed by atoms with E-state index in [1.807, 2.05) is 20.8 Å². The summed E-state index contributed by atoms with van der Waals surface area (Å²) < 4.78 is 15.5. The maximum atomic E-state index is 5.83. The first-order valence-corrected chi connectivity index (χ1v) is 5.40. The minimum atomic E-state index is -0.360. The minimum absolute atomic E-state index is 0.140. The van der Waals surface area contributed by atoms with Crippen molar-refractivity contribution in [3.63, 3.8) is 0 Å². The van der Waals surface area contributed by atoms with Crippen molar-refractivity contribution in [2.45, 2.75) is 39.5 Å². The van der Waals surface area contributed by atoms with Crippen molar-refractivity contribution in [3.05, 3.63) is 11.7 Å². The Balaban J connectivity index is 2.43. The van der Waals surface area contributed by atoms with E-state index in [4.69, 9.17) is 19.7 Å². The van der Waals surface area contributed by atoms with Crippen molar-refractivity contribution in [3.8, 4) is 0 Å². The van der Waals surface area contributed by atoms with E-state index < -0.39 is 0 Å². The highest BCUT2D eigenvalue weighted by Crippen LogP contribution is 2.08. The van der Waals surface area contributed by atoms with Crippen LogP contribution >= 0.6 is 0 Å². The molecule has 0 fully saturated rings. The van der Waals surface area contributed by atoms with Gasteiger partial charge in [0.05, 0.1) is 18.8 Å². The number of hydrogen-bond acceptors (Lipinski definition) is 6. The zero-order chi connectivity index (χ0) is 12.0. The topological polar surface area (TPSA) is 83.4 Å². The third kappa shape index (κ3) is 4.26. The Labute approximate surface area is 95.1 Å². The molecule has 0 aliphatic heterocycles. The quantitative estimate of drug-likeness (QED) is 0.751. The van der Waals surface area contributed by atoms with Crippen LogP contribution in [0.4, 0.5) is 0 Å². The molecule has 1 aromatic rings. The number of nitrogens with two attached hydrogens (primary N) is 1. The monoisotopic (exact) mass is 229 g/mol. The van der Waals surface area contributed by atoms with E-state index in [2.05, 4.69) is 10.1 Å². The van der Waals surface area contributed by atoms with Gasteiger partial charge in [0.2, 0.25) is 0 Å². The Morgan fingerprint density at radius 3 is 2.81 bits per heavy atom. The molecule has 0 bridgehead atoms. The molecule has 0 radical (unpaired) electrons. The highest BCUT2D eigenvalue weighted by molar-refractivity contribution is 4.92. The lowest BCUT2D eigenvalue weighted by Crippen LogP contribution is -2.20. The Bertz CT molecular complexity index is 301. The smallest absolute Gasteiger partial charge is 0.252 e. The molecule has 0 spiro atoms. The highest BCUT2D eigenvalue weighted by Gasteiger charge is 2.14. The zero-order valence-electron chi connectivity index (χ0n) is 9.97.